The number of nitrogens with one attached hydrogen (secondary N) is 1. The number of aryl methyl sites for hydroxylation is 1. The number of hydrogen-bond acceptors (Lipinski definition) is 6. The van der Waals surface area contributed by atoms with Gasteiger partial charge in [-0.15, -0.1) is 0 Å². The number of carboxylic acid groups (broad SMARTS) is 1. The molecule has 1 aliphatic heterocycles. The van der Waals surface area contributed by atoms with Gasteiger partial charge in [-0.2, -0.15) is 0 Å². The van der Waals surface area contributed by atoms with Gasteiger partial charge in [0.25, 0.3) is 0 Å². The van der Waals surface area contributed by atoms with E-state index in [1.807, 2.05) is 20.8 Å². The van der Waals surface area contributed by atoms with Crippen molar-refractivity contribution in [1.29, 1.82) is 5.41 Å². The van der Waals surface area contributed by atoms with Gasteiger partial charge in [0.2, 0.25) is 0 Å². The topological polar surface area (TPSA) is 109 Å². The molecule has 0 atom stereocenters. The number of hydrogen-bond donors (Lipinski definition) is 2. The van der Waals surface area contributed by atoms with E-state index in [-0.39, 0.29) is 66.6 Å². The fourth-order valence-electron chi connectivity index (χ4n) is 4.50. The Morgan fingerprint density at radius 2 is 1.78 bits per heavy atom. The van der Waals surface area contributed by atoms with Crippen molar-refractivity contribution in [3.05, 3.63) is 51.8 Å². The molecule has 8 nitrogen and oxygen atoms in total. The molecule has 1 aliphatic rings. The molecular formula is C28H35FN2O6. The molecule has 0 unspecified atom stereocenters. The predicted molar refractivity (Wildman–Crippen MR) is 138 cm³/mol. The van der Waals surface area contributed by atoms with E-state index in [4.69, 9.17) is 19.6 Å². The van der Waals surface area contributed by atoms with Crippen molar-refractivity contribution >= 4 is 17.6 Å². The van der Waals surface area contributed by atoms with Gasteiger partial charge in [-0.3, -0.25) is 15.0 Å². The van der Waals surface area contributed by atoms with Crippen LogP contribution in [0.2, 0.25) is 0 Å². The van der Waals surface area contributed by atoms with Crippen LogP contribution in [-0.4, -0.2) is 54.5 Å². The zero-order valence-electron chi connectivity index (χ0n) is 22.3. The van der Waals surface area contributed by atoms with E-state index in [2.05, 4.69) is 0 Å². The first kappa shape index (κ1) is 28.0. The van der Waals surface area contributed by atoms with Crippen molar-refractivity contribution in [2.75, 3.05) is 26.9 Å². The lowest BCUT2D eigenvalue weighted by atomic mass is 9.83. The first-order valence-corrected chi connectivity index (χ1v) is 12.3. The van der Waals surface area contributed by atoms with E-state index in [0.717, 1.165) is 5.56 Å². The number of benzene rings is 2. The fraction of sp³-hybridized carbons (Fsp3) is 0.464. The number of fused-ring (bicyclic) bond motifs is 1. The van der Waals surface area contributed by atoms with Gasteiger partial charge in [0.05, 0.1) is 32.4 Å². The van der Waals surface area contributed by atoms with Crippen LogP contribution in [0.5, 0.6) is 17.2 Å². The Balaban J connectivity index is 1.95. The third-order valence-electron chi connectivity index (χ3n) is 6.21. The van der Waals surface area contributed by atoms with Crippen molar-refractivity contribution < 1.29 is 33.3 Å². The summed E-state index contributed by atoms with van der Waals surface area (Å²) >= 11 is 0. The van der Waals surface area contributed by atoms with Crippen LogP contribution in [0.15, 0.2) is 18.2 Å². The van der Waals surface area contributed by atoms with E-state index < -0.39 is 11.8 Å². The maximum absolute atomic E-state index is 15.4. The SMILES string of the molecule is CCOc1cc2c(c(F)c1OCC)C(=N)N(CC(=O)c1cc(CCC(=O)O)c(OC)c(C(C)(C)C)c1)C2. The summed E-state index contributed by atoms with van der Waals surface area (Å²) in [4.78, 5) is 26.2. The molecule has 200 valence electrons. The number of ketones is 1. The van der Waals surface area contributed by atoms with E-state index in [0.29, 0.717) is 29.0 Å². The van der Waals surface area contributed by atoms with Crippen LogP contribution < -0.4 is 14.2 Å². The maximum atomic E-state index is 15.4. The van der Waals surface area contributed by atoms with Gasteiger partial charge in [0.1, 0.15) is 11.6 Å². The molecule has 0 saturated heterocycles. The number of halogens is 1. The second-order valence-electron chi connectivity index (χ2n) is 9.91. The van der Waals surface area contributed by atoms with Crippen molar-refractivity contribution in [1.82, 2.24) is 4.90 Å². The molecule has 0 spiro atoms. The second-order valence-corrected chi connectivity index (χ2v) is 9.91. The first-order chi connectivity index (χ1) is 17.4. The largest absolute Gasteiger partial charge is 0.496 e. The van der Waals surface area contributed by atoms with Gasteiger partial charge in [0, 0.05) is 24.1 Å². The summed E-state index contributed by atoms with van der Waals surface area (Å²) in [5.41, 5.74) is 2.09. The number of aliphatic carboxylic acids is 1. The molecule has 0 fully saturated rings. The molecule has 0 aromatic heterocycles. The Bertz CT molecular complexity index is 1220. The number of methoxy groups -OCH3 is 1. The number of Topliss-reactive ketones (excluding diaryl/α,β-unsaturated/α-hetero) is 1. The monoisotopic (exact) mass is 514 g/mol. The molecule has 3 rings (SSSR count). The second kappa shape index (κ2) is 11.2. The molecule has 37 heavy (non-hydrogen) atoms. The van der Waals surface area contributed by atoms with Crippen LogP contribution in [-0.2, 0) is 23.2 Å². The zero-order valence-corrected chi connectivity index (χ0v) is 22.3. The number of carboxylic acids is 1. The molecule has 2 aromatic carbocycles. The summed E-state index contributed by atoms with van der Waals surface area (Å²) in [6.07, 6.45) is 0.104. The number of carbonyl (C=O) groups excluding carboxylic acids is 1. The van der Waals surface area contributed by atoms with Crippen molar-refractivity contribution in [3.63, 3.8) is 0 Å². The Kier molecular flexibility index (Phi) is 8.46. The quantitative estimate of drug-likeness (QED) is 0.408. The first-order valence-electron chi connectivity index (χ1n) is 12.3. The number of ether oxygens (including phenoxy) is 3. The molecule has 2 N–H and O–H groups in total. The normalized spacial score (nSPS) is 12.9. The lowest BCUT2D eigenvalue weighted by Gasteiger charge is -2.25. The van der Waals surface area contributed by atoms with Crippen LogP contribution in [0, 0.1) is 11.2 Å². The minimum atomic E-state index is -0.945. The van der Waals surface area contributed by atoms with Gasteiger partial charge in [-0.1, -0.05) is 20.8 Å². The lowest BCUT2D eigenvalue weighted by molar-refractivity contribution is -0.136. The summed E-state index contributed by atoms with van der Waals surface area (Å²) < 4.78 is 32.0. The predicted octanol–water partition coefficient (Wildman–Crippen LogP) is 4.97. The Morgan fingerprint density at radius 3 is 2.35 bits per heavy atom. The third-order valence-corrected chi connectivity index (χ3v) is 6.21. The average Bonchev–Trinajstić information content (AvgIpc) is 3.13. The Labute approximate surface area is 216 Å². The van der Waals surface area contributed by atoms with Crippen LogP contribution >= 0.6 is 0 Å². The van der Waals surface area contributed by atoms with Crippen LogP contribution in [0.25, 0.3) is 0 Å². The van der Waals surface area contributed by atoms with Gasteiger partial charge in [-0.25, -0.2) is 4.39 Å². The molecule has 0 aliphatic carbocycles. The average molecular weight is 515 g/mol. The Hall–Kier alpha value is -3.62. The van der Waals surface area contributed by atoms with Crippen molar-refractivity contribution in [2.24, 2.45) is 0 Å². The van der Waals surface area contributed by atoms with Gasteiger partial charge >= 0.3 is 5.97 Å². The molecule has 2 aromatic rings. The summed E-state index contributed by atoms with van der Waals surface area (Å²) in [5, 5.41) is 17.8. The number of nitrogens with zero attached hydrogens (tertiary/aromatic N) is 1. The minimum Gasteiger partial charge on any atom is -0.496 e. The minimum absolute atomic E-state index is 0.0333. The highest BCUT2D eigenvalue weighted by molar-refractivity contribution is 6.06. The van der Waals surface area contributed by atoms with Crippen LogP contribution in [0.4, 0.5) is 4.39 Å². The molecule has 0 saturated carbocycles. The molecule has 0 amide bonds. The highest BCUT2D eigenvalue weighted by atomic mass is 19.1. The van der Waals surface area contributed by atoms with Gasteiger partial charge in [0.15, 0.2) is 23.1 Å². The van der Waals surface area contributed by atoms with Crippen molar-refractivity contribution in [2.45, 2.75) is 59.4 Å². The number of amidine groups is 1. The standard InChI is InChI=1S/C28H35FN2O6/c1-7-36-21-13-18-14-31(27(30)23(18)24(29)26(21)37-8-2)15-20(32)17-11-16(9-10-22(33)34)25(35-6)19(12-17)28(3,4)5/h11-13,30H,7-10,14-15H2,1-6H3,(H,33,34). The zero-order chi connectivity index (χ0) is 27.5. The summed E-state index contributed by atoms with van der Waals surface area (Å²) in [5.74, 6) is -1.17. The molecule has 9 heteroatoms. The number of rotatable bonds is 11. The highest BCUT2D eigenvalue weighted by Crippen LogP contribution is 2.40. The van der Waals surface area contributed by atoms with Gasteiger partial charge < -0.3 is 24.2 Å². The summed E-state index contributed by atoms with van der Waals surface area (Å²) in [6.45, 7) is 10.1. The highest BCUT2D eigenvalue weighted by Gasteiger charge is 2.33. The smallest absolute Gasteiger partial charge is 0.303 e. The van der Waals surface area contributed by atoms with E-state index >= 15 is 4.39 Å². The van der Waals surface area contributed by atoms with E-state index in [1.54, 1.807) is 32.0 Å². The van der Waals surface area contributed by atoms with E-state index in [1.165, 1.54) is 12.0 Å². The molecule has 1 heterocycles. The van der Waals surface area contributed by atoms with Crippen LogP contribution in [0.1, 0.15) is 73.7 Å². The lowest BCUT2D eigenvalue weighted by Crippen LogP contribution is -2.31. The van der Waals surface area contributed by atoms with Gasteiger partial charge in [-0.05, 0) is 55.0 Å². The fourth-order valence-corrected chi connectivity index (χ4v) is 4.50. The summed E-state index contributed by atoms with van der Waals surface area (Å²) in [6, 6.07) is 5.09. The van der Waals surface area contributed by atoms with E-state index in [9.17, 15) is 14.7 Å². The summed E-state index contributed by atoms with van der Waals surface area (Å²) in [7, 11) is 1.53. The molecule has 0 radical (unpaired) electrons. The molecular weight excluding hydrogens is 479 g/mol. The Morgan fingerprint density at radius 1 is 1.11 bits per heavy atom. The number of carbonyl (C=O) groups is 2. The molecule has 0 bridgehead atoms. The van der Waals surface area contributed by atoms with Crippen molar-refractivity contribution in [3.8, 4) is 17.2 Å². The maximum Gasteiger partial charge on any atom is 0.303 e. The van der Waals surface area contributed by atoms with Crippen LogP contribution in [0.3, 0.4) is 0 Å². The third kappa shape index (κ3) is 5.87.